The van der Waals surface area contributed by atoms with Gasteiger partial charge in [-0.25, -0.2) is 0 Å². The predicted octanol–water partition coefficient (Wildman–Crippen LogP) is 0.0904. The molecule has 0 radical (unpaired) electrons. The number of nitrogens with one attached hydrogen (secondary N) is 2. The highest BCUT2D eigenvalue weighted by molar-refractivity contribution is 5.32. The predicted molar refractivity (Wildman–Crippen MR) is 91.9 cm³/mol. The molecule has 0 aromatic heterocycles. The number of nitro groups is 1. The Balaban J connectivity index is 1.24. The standard InChI is InChI=1S/C19H25N3O2/c23-22(24)19-5-2-15(3-6-19)13-20-7-9-21(10-8-20)14-18-12-16-1-4-17(18)11-16/h1-6,16-18H,7-14H2/p+2/t16-,17-,18-/m0/s1. The molecule has 1 aromatic carbocycles. The zero-order chi connectivity index (χ0) is 16.5. The minimum absolute atomic E-state index is 0.183. The Labute approximate surface area is 143 Å². The third kappa shape index (κ3) is 3.37. The van der Waals surface area contributed by atoms with Crippen molar-refractivity contribution in [1.29, 1.82) is 0 Å². The van der Waals surface area contributed by atoms with E-state index < -0.39 is 0 Å². The second kappa shape index (κ2) is 6.65. The minimum atomic E-state index is -0.330. The number of quaternary nitrogens is 2. The van der Waals surface area contributed by atoms with Crippen molar-refractivity contribution in [2.24, 2.45) is 17.8 Å². The van der Waals surface area contributed by atoms with E-state index in [1.54, 1.807) is 21.9 Å². The Morgan fingerprint density at radius 2 is 1.71 bits per heavy atom. The quantitative estimate of drug-likeness (QED) is 0.457. The summed E-state index contributed by atoms with van der Waals surface area (Å²) in [5, 5.41) is 10.7. The van der Waals surface area contributed by atoms with Gasteiger partial charge in [-0.15, -0.1) is 0 Å². The minimum Gasteiger partial charge on any atom is -0.325 e. The lowest BCUT2D eigenvalue weighted by Gasteiger charge is -2.32. The van der Waals surface area contributed by atoms with Crippen molar-refractivity contribution in [3.63, 3.8) is 0 Å². The summed E-state index contributed by atoms with van der Waals surface area (Å²) in [4.78, 5) is 13.8. The molecule has 128 valence electrons. The fourth-order valence-corrected chi connectivity index (χ4v) is 4.86. The van der Waals surface area contributed by atoms with Crippen LogP contribution in [0.25, 0.3) is 0 Å². The molecule has 1 aliphatic heterocycles. The first-order chi connectivity index (χ1) is 11.7. The molecule has 3 atom stereocenters. The van der Waals surface area contributed by atoms with Crippen molar-refractivity contribution in [2.45, 2.75) is 19.4 Å². The maximum Gasteiger partial charge on any atom is 0.269 e. The molecule has 0 unspecified atom stereocenters. The SMILES string of the molecule is O=[N+]([O-])c1ccc(C[NH+]2CC[NH+](C[C@@H]3C[C@H]4C=C[C@H]3C4)CC2)cc1. The number of nitrogens with zero attached hydrogens (tertiary/aromatic N) is 1. The maximum absolute atomic E-state index is 10.7. The number of piperazine rings is 1. The fourth-order valence-electron chi connectivity index (χ4n) is 4.86. The van der Waals surface area contributed by atoms with E-state index in [0.717, 1.165) is 24.3 Å². The van der Waals surface area contributed by atoms with Crippen molar-refractivity contribution in [3.8, 4) is 0 Å². The largest absolute Gasteiger partial charge is 0.325 e. The molecule has 1 saturated carbocycles. The normalized spacial score (nSPS) is 34.6. The van der Waals surface area contributed by atoms with Gasteiger partial charge < -0.3 is 9.80 Å². The Hall–Kier alpha value is -1.72. The number of benzene rings is 1. The van der Waals surface area contributed by atoms with Crippen LogP contribution in [0.4, 0.5) is 5.69 Å². The molecule has 1 aromatic rings. The molecule has 4 rings (SSSR count). The van der Waals surface area contributed by atoms with Crippen LogP contribution in [-0.4, -0.2) is 37.6 Å². The summed E-state index contributed by atoms with van der Waals surface area (Å²) in [6.07, 6.45) is 7.73. The number of nitro benzene ring substituents is 1. The molecule has 1 saturated heterocycles. The van der Waals surface area contributed by atoms with Crippen molar-refractivity contribution >= 4 is 5.69 Å². The van der Waals surface area contributed by atoms with Crippen LogP contribution in [0.15, 0.2) is 36.4 Å². The highest BCUT2D eigenvalue weighted by Gasteiger charge is 2.38. The first-order valence-corrected chi connectivity index (χ1v) is 9.26. The Morgan fingerprint density at radius 1 is 1.00 bits per heavy atom. The third-order valence-corrected chi connectivity index (χ3v) is 6.23. The van der Waals surface area contributed by atoms with E-state index in [1.807, 2.05) is 12.1 Å². The Bertz CT molecular complexity index is 620. The molecular weight excluding hydrogens is 302 g/mol. The summed E-state index contributed by atoms with van der Waals surface area (Å²) in [6.45, 7) is 7.30. The topological polar surface area (TPSA) is 52.0 Å². The van der Waals surface area contributed by atoms with Gasteiger partial charge in [0.2, 0.25) is 0 Å². The van der Waals surface area contributed by atoms with Crippen LogP contribution in [0.3, 0.4) is 0 Å². The second-order valence-electron chi connectivity index (χ2n) is 7.84. The Kier molecular flexibility index (Phi) is 4.37. The lowest BCUT2D eigenvalue weighted by molar-refractivity contribution is -1.02. The second-order valence-corrected chi connectivity index (χ2v) is 7.84. The van der Waals surface area contributed by atoms with Crippen molar-refractivity contribution in [2.75, 3.05) is 32.7 Å². The van der Waals surface area contributed by atoms with Crippen LogP contribution in [0.5, 0.6) is 0 Å². The van der Waals surface area contributed by atoms with Gasteiger partial charge in [0.1, 0.15) is 32.7 Å². The molecule has 2 fully saturated rings. The molecule has 5 nitrogen and oxygen atoms in total. The van der Waals surface area contributed by atoms with Crippen molar-refractivity contribution < 1.29 is 14.7 Å². The van der Waals surface area contributed by atoms with E-state index >= 15 is 0 Å². The average Bonchev–Trinajstić information content (AvgIpc) is 3.20. The van der Waals surface area contributed by atoms with Gasteiger partial charge in [0, 0.05) is 23.6 Å². The van der Waals surface area contributed by atoms with Gasteiger partial charge in [-0.1, -0.05) is 12.2 Å². The van der Waals surface area contributed by atoms with Crippen LogP contribution in [-0.2, 0) is 6.54 Å². The number of rotatable bonds is 5. The summed E-state index contributed by atoms with van der Waals surface area (Å²) >= 11 is 0. The molecule has 0 spiro atoms. The van der Waals surface area contributed by atoms with E-state index in [9.17, 15) is 10.1 Å². The molecule has 24 heavy (non-hydrogen) atoms. The number of fused-ring (bicyclic) bond motifs is 2. The maximum atomic E-state index is 10.7. The van der Waals surface area contributed by atoms with Gasteiger partial charge in [-0.05, 0) is 36.8 Å². The summed E-state index contributed by atoms with van der Waals surface area (Å²) < 4.78 is 0. The fraction of sp³-hybridized carbons (Fsp3) is 0.579. The van der Waals surface area contributed by atoms with Crippen LogP contribution in [0.1, 0.15) is 18.4 Å². The summed E-state index contributed by atoms with van der Waals surface area (Å²) in [5.74, 6) is 2.67. The van der Waals surface area contributed by atoms with E-state index in [1.165, 1.54) is 51.1 Å². The lowest BCUT2D eigenvalue weighted by Crippen LogP contribution is -3.27. The third-order valence-electron chi connectivity index (χ3n) is 6.23. The van der Waals surface area contributed by atoms with Crippen LogP contribution >= 0.6 is 0 Å². The Morgan fingerprint density at radius 3 is 2.29 bits per heavy atom. The van der Waals surface area contributed by atoms with E-state index in [2.05, 4.69) is 12.2 Å². The van der Waals surface area contributed by atoms with E-state index in [0.29, 0.717) is 0 Å². The number of hydrogen-bond donors (Lipinski definition) is 2. The lowest BCUT2D eigenvalue weighted by atomic mass is 9.93. The smallest absolute Gasteiger partial charge is 0.269 e. The van der Waals surface area contributed by atoms with Gasteiger partial charge >= 0.3 is 0 Å². The summed E-state index contributed by atoms with van der Waals surface area (Å²) in [5.41, 5.74) is 1.39. The van der Waals surface area contributed by atoms with Crippen LogP contribution in [0, 0.1) is 27.9 Å². The first-order valence-electron chi connectivity index (χ1n) is 9.26. The average molecular weight is 329 g/mol. The first kappa shape index (κ1) is 15.8. The zero-order valence-corrected chi connectivity index (χ0v) is 14.1. The van der Waals surface area contributed by atoms with Gasteiger partial charge in [0.15, 0.2) is 0 Å². The number of hydrogen-bond acceptors (Lipinski definition) is 2. The monoisotopic (exact) mass is 329 g/mol. The van der Waals surface area contributed by atoms with Gasteiger partial charge in [-0.3, -0.25) is 10.1 Å². The van der Waals surface area contributed by atoms with Crippen molar-refractivity contribution in [3.05, 3.63) is 52.1 Å². The molecular formula is C19H27N3O2+2. The van der Waals surface area contributed by atoms with E-state index in [4.69, 9.17) is 0 Å². The summed E-state index contributed by atoms with van der Waals surface area (Å²) in [6, 6.07) is 7.07. The highest BCUT2D eigenvalue weighted by Crippen LogP contribution is 2.42. The molecule has 2 aliphatic carbocycles. The van der Waals surface area contributed by atoms with E-state index in [-0.39, 0.29) is 10.6 Å². The van der Waals surface area contributed by atoms with Gasteiger partial charge in [0.25, 0.3) is 5.69 Å². The molecule has 2 N–H and O–H groups in total. The van der Waals surface area contributed by atoms with Gasteiger partial charge in [0.05, 0.1) is 11.5 Å². The number of non-ortho nitro benzene ring substituents is 1. The van der Waals surface area contributed by atoms with Crippen LogP contribution < -0.4 is 9.80 Å². The van der Waals surface area contributed by atoms with Gasteiger partial charge in [-0.2, -0.15) is 0 Å². The van der Waals surface area contributed by atoms with Crippen molar-refractivity contribution in [1.82, 2.24) is 0 Å². The number of allylic oxidation sites excluding steroid dienone is 2. The molecule has 3 aliphatic rings. The molecule has 1 heterocycles. The summed E-state index contributed by atoms with van der Waals surface area (Å²) in [7, 11) is 0. The molecule has 2 bridgehead atoms. The molecule has 0 amide bonds. The van der Waals surface area contributed by atoms with Crippen LogP contribution in [0.2, 0.25) is 0 Å². The zero-order valence-electron chi connectivity index (χ0n) is 14.1. The highest BCUT2D eigenvalue weighted by atomic mass is 16.6. The molecule has 5 heteroatoms.